The molecule has 0 heterocycles. The molecule has 0 radical (unpaired) electrons. The maximum atomic E-state index is 5.40. The number of hydrogen-bond donors (Lipinski definition) is 2. The Morgan fingerprint density at radius 3 is 2.31 bits per heavy atom. The molecule has 1 aromatic carbocycles. The fourth-order valence-electron chi connectivity index (χ4n) is 2.52. The second kappa shape index (κ2) is 18.9. The lowest BCUT2D eigenvalue weighted by Gasteiger charge is -2.17. The van der Waals surface area contributed by atoms with E-state index in [2.05, 4.69) is 22.6 Å². The van der Waals surface area contributed by atoms with Crippen molar-refractivity contribution in [3.8, 4) is 5.75 Å². The number of nitrogens with one attached hydrogen (secondary N) is 2. The Morgan fingerprint density at radius 1 is 1.00 bits per heavy atom. The van der Waals surface area contributed by atoms with Crippen LogP contribution in [0.25, 0.3) is 0 Å². The molecule has 0 unspecified atom stereocenters. The van der Waals surface area contributed by atoms with Crippen LogP contribution < -0.4 is 15.4 Å². The average molecular weight is 522 g/mol. The van der Waals surface area contributed by atoms with Crippen molar-refractivity contribution in [1.29, 1.82) is 0 Å². The molecule has 1 aromatic rings. The van der Waals surface area contributed by atoms with Gasteiger partial charge in [-0.25, -0.2) is 4.99 Å². The summed E-state index contributed by atoms with van der Waals surface area (Å²) < 4.78 is 15.7. The van der Waals surface area contributed by atoms with Gasteiger partial charge in [-0.1, -0.05) is 12.1 Å². The van der Waals surface area contributed by atoms with E-state index in [0.717, 1.165) is 76.1 Å². The molecule has 7 nitrogen and oxygen atoms in total. The molecule has 0 spiro atoms. The number of benzene rings is 1. The predicted octanol–water partition coefficient (Wildman–Crippen LogP) is 2.74. The minimum absolute atomic E-state index is 0. The van der Waals surface area contributed by atoms with Crippen LogP contribution in [-0.4, -0.2) is 78.1 Å². The lowest BCUT2D eigenvalue weighted by molar-refractivity contribution is 0.145. The number of guanidine groups is 1. The average Bonchev–Trinajstić information content (AvgIpc) is 2.73. The zero-order valence-corrected chi connectivity index (χ0v) is 20.7. The van der Waals surface area contributed by atoms with Gasteiger partial charge in [-0.05, 0) is 51.1 Å². The Hall–Kier alpha value is -1.10. The van der Waals surface area contributed by atoms with Crippen molar-refractivity contribution in [3.63, 3.8) is 0 Å². The van der Waals surface area contributed by atoms with E-state index in [1.807, 2.05) is 31.2 Å². The third kappa shape index (κ3) is 14.5. The number of likely N-dealkylation sites (N-methyl/N-ethyl adjacent to an activating group) is 1. The molecule has 0 aromatic heterocycles. The molecule has 1 rings (SSSR count). The number of methoxy groups -OCH3 is 2. The zero-order valence-electron chi connectivity index (χ0n) is 18.4. The van der Waals surface area contributed by atoms with E-state index < -0.39 is 0 Å². The predicted molar refractivity (Wildman–Crippen MR) is 131 cm³/mol. The first-order valence-electron chi connectivity index (χ1n) is 10.1. The van der Waals surface area contributed by atoms with Crippen LogP contribution in [-0.2, 0) is 16.0 Å². The molecule has 2 N–H and O–H groups in total. The number of ether oxygens (including phenoxy) is 3. The molecule has 0 aliphatic rings. The molecule has 8 heteroatoms. The van der Waals surface area contributed by atoms with Crippen LogP contribution >= 0.6 is 24.0 Å². The van der Waals surface area contributed by atoms with E-state index in [4.69, 9.17) is 19.2 Å². The normalized spacial score (nSPS) is 11.3. The van der Waals surface area contributed by atoms with Gasteiger partial charge in [0.05, 0.1) is 20.3 Å². The highest BCUT2D eigenvalue weighted by Crippen LogP contribution is 2.11. The van der Waals surface area contributed by atoms with Gasteiger partial charge in [0.1, 0.15) is 5.75 Å². The van der Waals surface area contributed by atoms with Crippen molar-refractivity contribution in [2.45, 2.75) is 26.3 Å². The van der Waals surface area contributed by atoms with E-state index >= 15 is 0 Å². The highest BCUT2D eigenvalue weighted by atomic mass is 127. The van der Waals surface area contributed by atoms with E-state index in [0.29, 0.717) is 6.54 Å². The highest BCUT2D eigenvalue weighted by Gasteiger charge is 2.01. The molecule has 0 aliphatic carbocycles. The van der Waals surface area contributed by atoms with Crippen LogP contribution in [0.1, 0.15) is 25.3 Å². The first-order chi connectivity index (χ1) is 13.7. The summed E-state index contributed by atoms with van der Waals surface area (Å²) in [6.07, 6.45) is 2.00. The van der Waals surface area contributed by atoms with Gasteiger partial charge in [0.15, 0.2) is 5.96 Å². The van der Waals surface area contributed by atoms with E-state index in [1.54, 1.807) is 14.2 Å². The number of nitrogens with zero attached hydrogens (tertiary/aromatic N) is 2. The Balaban J connectivity index is 0.00000784. The van der Waals surface area contributed by atoms with E-state index in [9.17, 15) is 0 Å². The summed E-state index contributed by atoms with van der Waals surface area (Å²) in [5.41, 5.74) is 1.15. The van der Waals surface area contributed by atoms with Gasteiger partial charge >= 0.3 is 0 Å². The van der Waals surface area contributed by atoms with Gasteiger partial charge in [-0.2, -0.15) is 0 Å². The summed E-state index contributed by atoms with van der Waals surface area (Å²) >= 11 is 0. The molecule has 0 atom stereocenters. The summed E-state index contributed by atoms with van der Waals surface area (Å²) in [6.45, 7) is 8.60. The Labute approximate surface area is 193 Å². The summed E-state index contributed by atoms with van der Waals surface area (Å²) in [4.78, 5) is 6.99. The molecule has 168 valence electrons. The van der Waals surface area contributed by atoms with Crippen molar-refractivity contribution < 1.29 is 14.2 Å². The quantitative estimate of drug-likeness (QED) is 0.160. The summed E-state index contributed by atoms with van der Waals surface area (Å²) in [5, 5.41) is 6.82. The SMILES string of the molecule is CCOCCCNC(=NCc1ccc(OC)cc1)NCCCN(C)CCOC.I. The van der Waals surface area contributed by atoms with Crippen LogP contribution in [0.5, 0.6) is 5.75 Å². The van der Waals surface area contributed by atoms with Crippen LogP contribution in [0.4, 0.5) is 0 Å². The second-order valence-electron chi connectivity index (χ2n) is 6.57. The summed E-state index contributed by atoms with van der Waals surface area (Å²) in [7, 11) is 5.52. The molecular formula is C21H39IN4O3. The van der Waals surface area contributed by atoms with Crippen molar-refractivity contribution in [3.05, 3.63) is 29.8 Å². The largest absolute Gasteiger partial charge is 0.497 e. The van der Waals surface area contributed by atoms with Gasteiger partial charge in [0.2, 0.25) is 0 Å². The Morgan fingerprint density at radius 2 is 1.69 bits per heavy atom. The van der Waals surface area contributed by atoms with Crippen molar-refractivity contribution in [1.82, 2.24) is 15.5 Å². The zero-order chi connectivity index (χ0) is 20.5. The van der Waals surface area contributed by atoms with Gasteiger partial charge < -0.3 is 29.7 Å². The number of aliphatic imine (C=N–C) groups is 1. The number of halogens is 1. The molecule has 29 heavy (non-hydrogen) atoms. The highest BCUT2D eigenvalue weighted by molar-refractivity contribution is 14.0. The lowest BCUT2D eigenvalue weighted by atomic mass is 10.2. The van der Waals surface area contributed by atoms with E-state index in [1.165, 1.54) is 0 Å². The summed E-state index contributed by atoms with van der Waals surface area (Å²) in [6, 6.07) is 8.01. The Kier molecular flexibility index (Phi) is 18.2. The second-order valence-corrected chi connectivity index (χ2v) is 6.57. The fraction of sp³-hybridized carbons (Fsp3) is 0.667. The van der Waals surface area contributed by atoms with Crippen molar-refractivity contribution in [2.24, 2.45) is 4.99 Å². The molecule has 0 saturated heterocycles. The third-order valence-electron chi connectivity index (χ3n) is 4.23. The van der Waals surface area contributed by atoms with Crippen LogP contribution in [0.15, 0.2) is 29.3 Å². The lowest BCUT2D eigenvalue weighted by Crippen LogP contribution is -2.39. The third-order valence-corrected chi connectivity index (χ3v) is 4.23. The van der Waals surface area contributed by atoms with Crippen LogP contribution in [0.3, 0.4) is 0 Å². The number of rotatable bonds is 15. The monoisotopic (exact) mass is 522 g/mol. The van der Waals surface area contributed by atoms with Gasteiger partial charge in [0, 0.05) is 40.0 Å². The van der Waals surface area contributed by atoms with Crippen LogP contribution in [0, 0.1) is 0 Å². The standard InChI is InChI=1S/C21H38N4O3.HI/c1-5-28-16-7-13-23-21(22-12-6-14-25(2)15-17-26-3)24-18-19-8-10-20(27-4)11-9-19;/h8-11H,5-7,12-18H2,1-4H3,(H2,22,23,24);1H. The molecular weight excluding hydrogens is 483 g/mol. The molecule has 0 aliphatic heterocycles. The maximum Gasteiger partial charge on any atom is 0.191 e. The topological polar surface area (TPSA) is 67.3 Å². The van der Waals surface area contributed by atoms with Gasteiger partial charge in [-0.3, -0.25) is 0 Å². The molecule has 0 bridgehead atoms. The Bertz CT molecular complexity index is 529. The van der Waals surface area contributed by atoms with Crippen molar-refractivity contribution in [2.75, 3.05) is 67.3 Å². The minimum Gasteiger partial charge on any atom is -0.497 e. The first-order valence-corrected chi connectivity index (χ1v) is 10.1. The van der Waals surface area contributed by atoms with Crippen molar-refractivity contribution >= 4 is 29.9 Å². The molecule has 0 saturated carbocycles. The number of hydrogen-bond acceptors (Lipinski definition) is 5. The van der Waals surface area contributed by atoms with Gasteiger partial charge in [0.25, 0.3) is 0 Å². The van der Waals surface area contributed by atoms with Crippen LogP contribution in [0.2, 0.25) is 0 Å². The maximum absolute atomic E-state index is 5.40. The smallest absolute Gasteiger partial charge is 0.191 e. The fourth-order valence-corrected chi connectivity index (χ4v) is 2.52. The summed E-state index contributed by atoms with van der Waals surface area (Å²) in [5.74, 6) is 1.70. The van der Waals surface area contributed by atoms with Gasteiger partial charge in [-0.15, -0.1) is 24.0 Å². The minimum atomic E-state index is 0. The molecule has 0 fully saturated rings. The van der Waals surface area contributed by atoms with E-state index in [-0.39, 0.29) is 24.0 Å². The molecule has 0 amide bonds. The first kappa shape index (κ1) is 27.9.